The van der Waals surface area contributed by atoms with Crippen molar-refractivity contribution in [1.29, 1.82) is 0 Å². The normalized spacial score (nSPS) is 11.1. The summed E-state index contributed by atoms with van der Waals surface area (Å²) >= 11 is 0. The molecule has 0 atom stereocenters. The summed E-state index contributed by atoms with van der Waals surface area (Å²) in [6.45, 7) is 4.20. The molecule has 24 heavy (non-hydrogen) atoms. The first kappa shape index (κ1) is 18.0. The summed E-state index contributed by atoms with van der Waals surface area (Å²) in [7, 11) is -3.23. The minimum atomic E-state index is -3.23. The number of benzene rings is 2. The number of hydrogen-bond donors (Lipinski definition) is 1. The summed E-state index contributed by atoms with van der Waals surface area (Å²) in [5.41, 5.74) is 2.62. The fraction of sp³-hybridized carbons (Fsp3) is 0.278. The summed E-state index contributed by atoms with van der Waals surface area (Å²) in [6.07, 6.45) is 1.35. The predicted molar refractivity (Wildman–Crippen MR) is 94.2 cm³/mol. The molecule has 2 rings (SSSR count). The van der Waals surface area contributed by atoms with Gasteiger partial charge in [0.25, 0.3) is 0 Å². The molecule has 0 bridgehead atoms. The van der Waals surface area contributed by atoms with E-state index in [1.165, 1.54) is 12.1 Å². The fourth-order valence-corrected chi connectivity index (χ4v) is 2.91. The van der Waals surface area contributed by atoms with E-state index in [0.29, 0.717) is 5.69 Å². The molecule has 2 aromatic rings. The van der Waals surface area contributed by atoms with Gasteiger partial charge < -0.3 is 10.1 Å². The highest BCUT2D eigenvalue weighted by Crippen LogP contribution is 2.22. The number of sulfone groups is 1. The third-order valence-corrected chi connectivity index (χ3v) is 4.68. The second-order valence-electron chi connectivity index (χ2n) is 5.66. The van der Waals surface area contributed by atoms with Crippen LogP contribution in [0.3, 0.4) is 0 Å². The van der Waals surface area contributed by atoms with Crippen molar-refractivity contribution in [3.8, 4) is 5.75 Å². The second-order valence-corrected chi connectivity index (χ2v) is 7.68. The predicted octanol–water partition coefficient (Wildman–Crippen LogP) is 3.11. The van der Waals surface area contributed by atoms with E-state index in [1.807, 2.05) is 32.0 Å². The lowest BCUT2D eigenvalue weighted by Gasteiger charge is -2.12. The van der Waals surface area contributed by atoms with Crippen LogP contribution in [0.15, 0.2) is 47.4 Å². The van der Waals surface area contributed by atoms with Gasteiger partial charge in [0.05, 0.1) is 17.9 Å². The molecule has 128 valence electrons. The van der Waals surface area contributed by atoms with E-state index in [1.54, 1.807) is 12.1 Å². The number of ether oxygens (including phenoxy) is 1. The van der Waals surface area contributed by atoms with Crippen LogP contribution < -0.4 is 10.1 Å². The van der Waals surface area contributed by atoms with Crippen LogP contribution in [0.1, 0.15) is 17.5 Å². The van der Waals surface area contributed by atoms with Crippen molar-refractivity contribution in [2.24, 2.45) is 0 Å². The van der Waals surface area contributed by atoms with Crippen molar-refractivity contribution < 1.29 is 17.9 Å². The Bertz CT molecular complexity index is 806. The lowest BCUT2D eigenvalue weighted by Crippen LogP contribution is -2.15. The molecule has 0 saturated carbocycles. The Morgan fingerprint density at radius 1 is 1.04 bits per heavy atom. The fourth-order valence-electron chi connectivity index (χ4n) is 2.28. The van der Waals surface area contributed by atoms with E-state index in [4.69, 9.17) is 4.74 Å². The number of amides is 1. The van der Waals surface area contributed by atoms with E-state index in [9.17, 15) is 13.2 Å². The molecule has 2 aromatic carbocycles. The van der Waals surface area contributed by atoms with E-state index in [0.717, 1.165) is 23.1 Å². The molecule has 0 fully saturated rings. The number of rotatable bonds is 6. The number of carbonyl (C=O) groups is 1. The number of anilines is 1. The van der Waals surface area contributed by atoms with Gasteiger partial charge in [-0.3, -0.25) is 4.79 Å². The molecule has 0 spiro atoms. The summed E-state index contributed by atoms with van der Waals surface area (Å²) in [5.74, 6) is 0.621. The molecule has 0 aliphatic heterocycles. The van der Waals surface area contributed by atoms with Gasteiger partial charge in [-0.25, -0.2) is 8.42 Å². The average Bonchev–Trinajstić information content (AvgIpc) is 2.50. The highest BCUT2D eigenvalue weighted by molar-refractivity contribution is 7.90. The maximum absolute atomic E-state index is 11.9. The third kappa shape index (κ3) is 4.83. The van der Waals surface area contributed by atoms with Crippen LogP contribution in [0.4, 0.5) is 5.69 Å². The monoisotopic (exact) mass is 347 g/mol. The van der Waals surface area contributed by atoms with Gasteiger partial charge in [0.15, 0.2) is 9.84 Å². The molecule has 1 amide bonds. The Balaban J connectivity index is 1.88. The number of carbonyl (C=O) groups excluding carboxylic acids is 1. The van der Waals surface area contributed by atoms with Gasteiger partial charge in [0.2, 0.25) is 5.91 Å². The maximum atomic E-state index is 11.9. The van der Waals surface area contributed by atoms with Gasteiger partial charge in [0, 0.05) is 11.9 Å². The Morgan fingerprint density at radius 3 is 2.17 bits per heavy atom. The van der Waals surface area contributed by atoms with Crippen LogP contribution >= 0.6 is 0 Å². The highest BCUT2D eigenvalue weighted by Gasteiger charge is 2.09. The van der Waals surface area contributed by atoms with Crippen LogP contribution in [0.2, 0.25) is 0 Å². The molecular weight excluding hydrogens is 326 g/mol. The lowest BCUT2D eigenvalue weighted by atomic mass is 10.1. The van der Waals surface area contributed by atoms with Crippen molar-refractivity contribution >= 4 is 21.4 Å². The van der Waals surface area contributed by atoms with E-state index in [2.05, 4.69) is 5.32 Å². The van der Waals surface area contributed by atoms with E-state index >= 15 is 0 Å². The van der Waals surface area contributed by atoms with Gasteiger partial charge >= 0.3 is 0 Å². The first-order chi connectivity index (χ1) is 11.3. The number of para-hydroxylation sites is 1. The highest BCUT2D eigenvalue weighted by atomic mass is 32.2. The maximum Gasteiger partial charge on any atom is 0.227 e. The van der Waals surface area contributed by atoms with Crippen LogP contribution in [0.25, 0.3) is 0 Å². The van der Waals surface area contributed by atoms with Crippen molar-refractivity contribution in [1.82, 2.24) is 0 Å². The Kier molecular flexibility index (Phi) is 5.62. The molecule has 0 aromatic heterocycles. The van der Waals surface area contributed by atoms with Gasteiger partial charge in [-0.05, 0) is 49.2 Å². The smallest absolute Gasteiger partial charge is 0.227 e. The molecule has 0 radical (unpaired) electrons. The number of aryl methyl sites for hydroxylation is 2. The van der Waals surface area contributed by atoms with Gasteiger partial charge in [-0.2, -0.15) is 0 Å². The molecule has 0 aliphatic rings. The van der Waals surface area contributed by atoms with Crippen LogP contribution in [0.5, 0.6) is 5.75 Å². The number of hydrogen-bond acceptors (Lipinski definition) is 4. The first-order valence-corrected chi connectivity index (χ1v) is 9.45. The van der Waals surface area contributed by atoms with E-state index < -0.39 is 9.84 Å². The Morgan fingerprint density at radius 2 is 1.62 bits per heavy atom. The van der Waals surface area contributed by atoms with Crippen molar-refractivity contribution in [2.75, 3.05) is 18.2 Å². The summed E-state index contributed by atoms with van der Waals surface area (Å²) in [4.78, 5) is 12.2. The largest absolute Gasteiger partial charge is 0.493 e. The average molecular weight is 347 g/mol. The Labute approximate surface area is 142 Å². The molecule has 6 heteroatoms. The molecule has 0 aliphatic carbocycles. The topological polar surface area (TPSA) is 72.5 Å². The van der Waals surface area contributed by atoms with Crippen LogP contribution in [-0.2, 0) is 14.6 Å². The zero-order chi connectivity index (χ0) is 17.7. The van der Waals surface area contributed by atoms with Crippen LogP contribution in [0, 0.1) is 13.8 Å². The minimum Gasteiger partial charge on any atom is -0.493 e. The Hall–Kier alpha value is -2.34. The quantitative estimate of drug-likeness (QED) is 0.871. The molecular formula is C18H21NO4S. The third-order valence-electron chi connectivity index (χ3n) is 3.55. The van der Waals surface area contributed by atoms with Crippen LogP contribution in [-0.4, -0.2) is 27.2 Å². The standard InChI is InChI=1S/C18H21NO4S/c1-13-5-4-6-14(2)18(13)23-12-11-17(20)19-15-7-9-16(10-8-15)24(3,21)22/h4-10H,11-12H2,1-3H3,(H,19,20). The SMILES string of the molecule is Cc1cccc(C)c1OCCC(=O)Nc1ccc(S(C)(=O)=O)cc1. The molecule has 0 saturated heterocycles. The second kappa shape index (κ2) is 7.49. The summed E-state index contributed by atoms with van der Waals surface area (Å²) < 4.78 is 28.5. The molecule has 0 unspecified atom stereocenters. The molecule has 0 heterocycles. The van der Waals surface area contributed by atoms with Gasteiger partial charge in [-0.15, -0.1) is 0 Å². The zero-order valence-corrected chi connectivity index (χ0v) is 14.8. The van der Waals surface area contributed by atoms with Gasteiger partial charge in [-0.1, -0.05) is 18.2 Å². The summed E-state index contributed by atoms with van der Waals surface area (Å²) in [6, 6.07) is 12.0. The van der Waals surface area contributed by atoms with Crippen molar-refractivity contribution in [2.45, 2.75) is 25.2 Å². The van der Waals surface area contributed by atoms with E-state index in [-0.39, 0.29) is 23.8 Å². The van der Waals surface area contributed by atoms with Crippen molar-refractivity contribution in [3.63, 3.8) is 0 Å². The van der Waals surface area contributed by atoms with Crippen molar-refractivity contribution in [3.05, 3.63) is 53.6 Å². The lowest BCUT2D eigenvalue weighted by molar-refractivity contribution is -0.116. The zero-order valence-electron chi connectivity index (χ0n) is 14.0. The first-order valence-electron chi connectivity index (χ1n) is 7.56. The minimum absolute atomic E-state index is 0.187. The van der Waals surface area contributed by atoms with Gasteiger partial charge in [0.1, 0.15) is 5.75 Å². The number of nitrogens with one attached hydrogen (secondary N) is 1. The molecule has 5 nitrogen and oxygen atoms in total. The summed E-state index contributed by atoms with van der Waals surface area (Å²) in [5, 5.41) is 2.72. The molecule has 1 N–H and O–H groups in total.